The minimum atomic E-state index is 0.167. The lowest BCUT2D eigenvalue weighted by Crippen LogP contribution is -2.08. The molecule has 0 unspecified atom stereocenters. The third-order valence-corrected chi connectivity index (χ3v) is 1.02. The summed E-state index contributed by atoms with van der Waals surface area (Å²) in [6.45, 7) is 14.4. The summed E-state index contributed by atoms with van der Waals surface area (Å²) >= 11 is 0. The van der Waals surface area contributed by atoms with E-state index in [0.29, 0.717) is 5.41 Å². The maximum Gasteiger partial charge on any atom is 0.126 e. The van der Waals surface area contributed by atoms with E-state index in [1.54, 1.807) is 0 Å². The summed E-state index contributed by atoms with van der Waals surface area (Å²) < 4.78 is 0. The van der Waals surface area contributed by atoms with Crippen LogP contribution < -0.4 is 0 Å². The summed E-state index contributed by atoms with van der Waals surface area (Å²) in [7, 11) is 0. The lowest BCUT2D eigenvalue weighted by Gasteiger charge is -2.19. The van der Waals surface area contributed by atoms with Crippen molar-refractivity contribution >= 4 is 5.78 Å². The van der Waals surface area contributed by atoms with Crippen LogP contribution in [0.15, 0.2) is 0 Å². The first-order chi connectivity index (χ1) is 5.15. The van der Waals surface area contributed by atoms with Crippen molar-refractivity contribution in [2.75, 3.05) is 0 Å². The standard InChI is InChI=1S/C8H18.C3H6O/c1-7(2)6-8(3,4)5;1-3(2)4/h7H,6H2,1-5H3;1-2H3. The minimum Gasteiger partial charge on any atom is -0.300 e. The highest BCUT2D eigenvalue weighted by molar-refractivity contribution is 5.72. The lowest BCUT2D eigenvalue weighted by molar-refractivity contribution is -0.114. The van der Waals surface area contributed by atoms with Crippen molar-refractivity contribution in [2.24, 2.45) is 11.3 Å². The number of Topliss-reactive ketones (excluding diaryl/α,β-unsaturated/α-hetero) is 1. The van der Waals surface area contributed by atoms with Crippen LogP contribution in [0.1, 0.15) is 54.9 Å². The van der Waals surface area contributed by atoms with Gasteiger partial charge in [0.2, 0.25) is 0 Å². The SMILES string of the molecule is CC(C)=O.CC(C)CC(C)(C)C. The van der Waals surface area contributed by atoms with Gasteiger partial charge < -0.3 is 4.79 Å². The molecule has 0 saturated carbocycles. The average molecular weight is 172 g/mol. The monoisotopic (exact) mass is 172 g/mol. The Bertz CT molecular complexity index is 113. The third kappa shape index (κ3) is 33.3. The molecule has 1 nitrogen and oxygen atoms in total. The molecule has 0 aromatic heterocycles. The topological polar surface area (TPSA) is 17.1 Å². The van der Waals surface area contributed by atoms with E-state index in [4.69, 9.17) is 0 Å². The van der Waals surface area contributed by atoms with Crippen molar-refractivity contribution in [1.29, 1.82) is 0 Å². The Morgan fingerprint density at radius 1 is 1.17 bits per heavy atom. The van der Waals surface area contributed by atoms with Crippen molar-refractivity contribution in [3.8, 4) is 0 Å². The van der Waals surface area contributed by atoms with Gasteiger partial charge in [-0.05, 0) is 31.6 Å². The number of hydrogen-bond donors (Lipinski definition) is 0. The number of carbonyl (C=O) groups excluding carboxylic acids is 1. The average Bonchev–Trinajstić information content (AvgIpc) is 1.52. The largest absolute Gasteiger partial charge is 0.300 e. The first kappa shape index (κ1) is 14.2. The van der Waals surface area contributed by atoms with Crippen LogP contribution in [0.2, 0.25) is 0 Å². The molecule has 0 aromatic carbocycles. The molecular formula is C11H24O. The van der Waals surface area contributed by atoms with Gasteiger partial charge in [0.1, 0.15) is 5.78 Å². The quantitative estimate of drug-likeness (QED) is 0.589. The highest BCUT2D eigenvalue weighted by Gasteiger charge is 2.11. The van der Waals surface area contributed by atoms with Crippen LogP contribution in [0.25, 0.3) is 0 Å². The van der Waals surface area contributed by atoms with Gasteiger partial charge in [-0.15, -0.1) is 0 Å². The molecule has 0 N–H and O–H groups in total. The molecule has 0 aliphatic rings. The fourth-order valence-corrected chi connectivity index (χ4v) is 1.22. The van der Waals surface area contributed by atoms with Gasteiger partial charge in [-0.25, -0.2) is 0 Å². The maximum absolute atomic E-state index is 9.44. The molecule has 1 heteroatoms. The molecule has 0 saturated heterocycles. The Morgan fingerprint density at radius 3 is 1.42 bits per heavy atom. The molecule has 0 fully saturated rings. The van der Waals surface area contributed by atoms with E-state index in [1.807, 2.05) is 0 Å². The Morgan fingerprint density at radius 2 is 1.42 bits per heavy atom. The third-order valence-electron chi connectivity index (χ3n) is 1.02. The second kappa shape index (κ2) is 6.22. The molecule has 0 heterocycles. The summed E-state index contributed by atoms with van der Waals surface area (Å²) in [6, 6.07) is 0. The highest BCUT2D eigenvalue weighted by atomic mass is 16.1. The van der Waals surface area contributed by atoms with Gasteiger partial charge in [0.15, 0.2) is 0 Å². The van der Waals surface area contributed by atoms with Crippen LogP contribution in [-0.4, -0.2) is 5.78 Å². The molecule has 0 spiro atoms. The summed E-state index contributed by atoms with van der Waals surface area (Å²) in [5, 5.41) is 0. The Balaban J connectivity index is 0. The summed E-state index contributed by atoms with van der Waals surface area (Å²) in [4.78, 5) is 9.44. The second-order valence-corrected chi connectivity index (χ2v) is 5.07. The molecule has 0 aliphatic heterocycles. The van der Waals surface area contributed by atoms with Gasteiger partial charge in [0, 0.05) is 0 Å². The smallest absolute Gasteiger partial charge is 0.126 e. The van der Waals surface area contributed by atoms with E-state index >= 15 is 0 Å². The van der Waals surface area contributed by atoms with E-state index in [2.05, 4.69) is 34.6 Å². The lowest BCUT2D eigenvalue weighted by atomic mass is 9.86. The van der Waals surface area contributed by atoms with Crippen LogP contribution in [0, 0.1) is 11.3 Å². The molecular weight excluding hydrogens is 148 g/mol. The Kier molecular flexibility index (Phi) is 7.36. The predicted molar refractivity (Wildman–Crippen MR) is 55.3 cm³/mol. The van der Waals surface area contributed by atoms with Crippen LogP contribution in [0.3, 0.4) is 0 Å². The first-order valence-corrected chi connectivity index (χ1v) is 4.62. The second-order valence-electron chi connectivity index (χ2n) is 5.07. The van der Waals surface area contributed by atoms with Crippen LogP contribution >= 0.6 is 0 Å². The minimum absolute atomic E-state index is 0.167. The van der Waals surface area contributed by atoms with E-state index in [-0.39, 0.29) is 5.78 Å². The molecule has 0 atom stereocenters. The maximum atomic E-state index is 9.44. The van der Waals surface area contributed by atoms with Gasteiger partial charge in [0.05, 0.1) is 0 Å². The molecule has 0 radical (unpaired) electrons. The molecule has 0 rings (SSSR count). The van der Waals surface area contributed by atoms with E-state index in [1.165, 1.54) is 20.3 Å². The summed E-state index contributed by atoms with van der Waals surface area (Å²) in [5.74, 6) is 1.01. The van der Waals surface area contributed by atoms with E-state index in [0.717, 1.165) is 5.92 Å². The Labute approximate surface area is 77.6 Å². The first-order valence-electron chi connectivity index (χ1n) is 4.62. The van der Waals surface area contributed by atoms with Crippen LogP contribution in [0.4, 0.5) is 0 Å². The van der Waals surface area contributed by atoms with E-state index in [9.17, 15) is 4.79 Å². The zero-order valence-corrected chi connectivity index (χ0v) is 9.69. The van der Waals surface area contributed by atoms with Gasteiger partial charge in [-0.2, -0.15) is 0 Å². The molecule has 12 heavy (non-hydrogen) atoms. The number of carbonyl (C=O) groups is 1. The molecule has 0 bridgehead atoms. The molecule has 74 valence electrons. The fraction of sp³-hybridized carbons (Fsp3) is 0.909. The zero-order chi connectivity index (χ0) is 10.4. The van der Waals surface area contributed by atoms with Crippen LogP contribution in [-0.2, 0) is 4.79 Å². The van der Waals surface area contributed by atoms with Gasteiger partial charge in [-0.1, -0.05) is 34.6 Å². The fourth-order valence-electron chi connectivity index (χ4n) is 1.22. The number of hydrogen-bond acceptors (Lipinski definition) is 1. The van der Waals surface area contributed by atoms with Crippen molar-refractivity contribution < 1.29 is 4.79 Å². The van der Waals surface area contributed by atoms with Gasteiger partial charge in [0.25, 0.3) is 0 Å². The van der Waals surface area contributed by atoms with E-state index < -0.39 is 0 Å². The van der Waals surface area contributed by atoms with Crippen molar-refractivity contribution in [3.05, 3.63) is 0 Å². The molecule has 0 amide bonds. The van der Waals surface area contributed by atoms with Crippen molar-refractivity contribution in [3.63, 3.8) is 0 Å². The molecule has 0 aromatic rings. The van der Waals surface area contributed by atoms with Crippen molar-refractivity contribution in [2.45, 2.75) is 54.9 Å². The van der Waals surface area contributed by atoms with Gasteiger partial charge >= 0.3 is 0 Å². The van der Waals surface area contributed by atoms with Crippen molar-refractivity contribution in [1.82, 2.24) is 0 Å². The predicted octanol–water partition coefficient (Wildman–Crippen LogP) is 3.67. The molecule has 0 aliphatic carbocycles. The number of ketones is 1. The summed E-state index contributed by atoms with van der Waals surface area (Å²) in [6.07, 6.45) is 1.33. The number of rotatable bonds is 1. The summed E-state index contributed by atoms with van der Waals surface area (Å²) in [5.41, 5.74) is 0.522. The Hall–Kier alpha value is -0.330. The van der Waals surface area contributed by atoms with Gasteiger partial charge in [-0.3, -0.25) is 0 Å². The zero-order valence-electron chi connectivity index (χ0n) is 9.69. The van der Waals surface area contributed by atoms with Crippen LogP contribution in [0.5, 0.6) is 0 Å². The normalized spacial score (nSPS) is 10.7. The highest BCUT2D eigenvalue weighted by Crippen LogP contribution is 2.23.